The van der Waals surface area contributed by atoms with Crippen molar-refractivity contribution in [2.45, 2.75) is 6.43 Å². The third-order valence-corrected chi connectivity index (χ3v) is 4.60. The van der Waals surface area contributed by atoms with E-state index in [0.717, 1.165) is 14.3 Å². The van der Waals surface area contributed by atoms with Gasteiger partial charge in [-0.3, -0.25) is 4.79 Å². The lowest BCUT2D eigenvalue weighted by Gasteiger charge is -2.20. The highest BCUT2D eigenvalue weighted by Gasteiger charge is 2.21. The molecule has 0 aliphatic carbocycles. The molecule has 0 radical (unpaired) electrons. The van der Waals surface area contributed by atoms with Crippen LogP contribution in [-0.2, 0) is 0 Å². The highest BCUT2D eigenvalue weighted by atomic mass is 35.5. The average Bonchev–Trinajstić information content (AvgIpc) is 2.86. The minimum absolute atomic E-state index is 0.135. The molecule has 1 amide bonds. The third-order valence-electron chi connectivity index (χ3n) is 2.35. The Balaban J connectivity index is 2.19. The van der Waals surface area contributed by atoms with E-state index in [1.165, 1.54) is 22.7 Å². The Bertz CT molecular complexity index is 511. The number of nitrogens with zero attached hydrogens (tertiary/aromatic N) is 1. The molecule has 2 aromatic rings. The van der Waals surface area contributed by atoms with Crippen LogP contribution in [0.3, 0.4) is 0 Å². The Morgan fingerprint density at radius 1 is 1.44 bits per heavy atom. The Hall–Kier alpha value is -0.720. The van der Waals surface area contributed by atoms with Crippen LogP contribution in [0, 0.1) is 0 Å². The zero-order valence-electron chi connectivity index (χ0n) is 9.24. The van der Waals surface area contributed by atoms with Gasteiger partial charge in [-0.15, -0.1) is 34.3 Å². The fraction of sp³-hybridized carbons (Fsp3) is 0.364. The van der Waals surface area contributed by atoms with Crippen LogP contribution in [0.2, 0.25) is 0 Å². The van der Waals surface area contributed by atoms with E-state index in [1.807, 2.05) is 11.4 Å². The fourth-order valence-electron chi connectivity index (χ4n) is 1.57. The molecule has 0 atom stereocenters. The van der Waals surface area contributed by atoms with Crippen molar-refractivity contribution in [1.29, 1.82) is 0 Å². The molecular formula is C11H10ClF2NOS2. The molecule has 0 saturated carbocycles. The van der Waals surface area contributed by atoms with Gasteiger partial charge in [-0.05, 0) is 17.5 Å². The Morgan fingerprint density at radius 2 is 2.22 bits per heavy atom. The third kappa shape index (κ3) is 2.99. The maximum atomic E-state index is 12.4. The first-order chi connectivity index (χ1) is 8.61. The number of carbonyl (C=O) groups is 1. The van der Waals surface area contributed by atoms with E-state index in [1.54, 1.807) is 6.07 Å². The lowest BCUT2D eigenvalue weighted by atomic mass is 10.3. The quantitative estimate of drug-likeness (QED) is 0.767. The maximum Gasteiger partial charge on any atom is 0.264 e. The molecule has 18 heavy (non-hydrogen) atoms. The first kappa shape index (κ1) is 13.7. The molecule has 7 heteroatoms. The number of fused-ring (bicyclic) bond motifs is 1. The summed E-state index contributed by atoms with van der Waals surface area (Å²) < 4.78 is 26.8. The van der Waals surface area contributed by atoms with Crippen molar-refractivity contribution < 1.29 is 13.6 Å². The molecule has 0 aromatic carbocycles. The lowest BCUT2D eigenvalue weighted by molar-refractivity contribution is 0.0575. The Morgan fingerprint density at radius 3 is 2.83 bits per heavy atom. The molecule has 0 aliphatic rings. The Kier molecular flexibility index (Phi) is 4.53. The van der Waals surface area contributed by atoms with Gasteiger partial charge in [0.05, 0.1) is 11.4 Å². The van der Waals surface area contributed by atoms with Crippen LogP contribution in [0.1, 0.15) is 9.67 Å². The van der Waals surface area contributed by atoms with Crippen molar-refractivity contribution in [1.82, 2.24) is 4.90 Å². The number of alkyl halides is 3. The second-order valence-electron chi connectivity index (χ2n) is 3.59. The molecule has 2 heterocycles. The van der Waals surface area contributed by atoms with Gasteiger partial charge < -0.3 is 4.90 Å². The van der Waals surface area contributed by atoms with Crippen LogP contribution in [0.4, 0.5) is 8.78 Å². The van der Waals surface area contributed by atoms with Gasteiger partial charge >= 0.3 is 0 Å². The summed E-state index contributed by atoms with van der Waals surface area (Å²) in [6, 6.07) is 3.67. The van der Waals surface area contributed by atoms with Gasteiger partial charge in [0.15, 0.2) is 0 Å². The largest absolute Gasteiger partial charge is 0.331 e. The lowest BCUT2D eigenvalue weighted by Crippen LogP contribution is -2.36. The molecule has 0 spiro atoms. The van der Waals surface area contributed by atoms with Gasteiger partial charge in [0.25, 0.3) is 12.3 Å². The van der Waals surface area contributed by atoms with Gasteiger partial charge in [-0.1, -0.05) is 0 Å². The number of thiophene rings is 2. The van der Waals surface area contributed by atoms with E-state index >= 15 is 0 Å². The number of rotatable bonds is 5. The van der Waals surface area contributed by atoms with Crippen LogP contribution < -0.4 is 0 Å². The van der Waals surface area contributed by atoms with E-state index in [2.05, 4.69) is 0 Å². The van der Waals surface area contributed by atoms with Gasteiger partial charge in [-0.25, -0.2) is 8.78 Å². The molecule has 0 N–H and O–H groups in total. The molecule has 2 nitrogen and oxygen atoms in total. The highest BCUT2D eigenvalue weighted by molar-refractivity contribution is 7.27. The first-order valence-electron chi connectivity index (χ1n) is 5.22. The van der Waals surface area contributed by atoms with Gasteiger partial charge in [0.2, 0.25) is 0 Å². The number of halogens is 3. The predicted octanol–water partition coefficient (Wildman–Crippen LogP) is 3.91. The molecule has 0 aliphatic heterocycles. The summed E-state index contributed by atoms with van der Waals surface area (Å²) in [6.07, 6.45) is -2.54. The summed E-state index contributed by atoms with van der Waals surface area (Å²) >= 11 is 8.39. The molecule has 0 saturated heterocycles. The van der Waals surface area contributed by atoms with Gasteiger partial charge in [0, 0.05) is 21.8 Å². The predicted molar refractivity (Wildman–Crippen MR) is 72.3 cm³/mol. The van der Waals surface area contributed by atoms with Crippen LogP contribution >= 0.6 is 34.3 Å². The monoisotopic (exact) mass is 309 g/mol. The summed E-state index contributed by atoms with van der Waals surface area (Å²) in [6.45, 7) is -0.437. The van der Waals surface area contributed by atoms with E-state index in [-0.39, 0.29) is 18.3 Å². The fourth-order valence-corrected chi connectivity index (χ4v) is 3.85. The van der Waals surface area contributed by atoms with Crippen LogP contribution in [0.15, 0.2) is 17.5 Å². The van der Waals surface area contributed by atoms with Crippen molar-refractivity contribution >= 4 is 49.6 Å². The first-order valence-corrected chi connectivity index (χ1v) is 7.45. The standard InChI is InChI=1S/C11H10ClF2NOS2/c12-2-3-15(6-10(13)14)11(16)9-5-8-7(18-9)1-4-17-8/h1,4-5,10H,2-3,6H2. The molecular weight excluding hydrogens is 300 g/mol. The van der Waals surface area contributed by atoms with Crippen LogP contribution in [0.5, 0.6) is 0 Å². The van der Waals surface area contributed by atoms with Crippen molar-refractivity contribution in [3.63, 3.8) is 0 Å². The smallest absolute Gasteiger partial charge is 0.264 e. The summed E-state index contributed by atoms with van der Waals surface area (Å²) in [5.74, 6) is -0.220. The number of hydrogen-bond donors (Lipinski definition) is 0. The van der Waals surface area contributed by atoms with Crippen molar-refractivity contribution in [3.8, 4) is 0 Å². The zero-order valence-corrected chi connectivity index (χ0v) is 11.6. The van der Waals surface area contributed by atoms with E-state index in [0.29, 0.717) is 4.88 Å². The topological polar surface area (TPSA) is 20.3 Å². The summed E-state index contributed by atoms with van der Waals surface area (Å²) in [5.41, 5.74) is 0. The van der Waals surface area contributed by atoms with Crippen molar-refractivity contribution in [2.24, 2.45) is 0 Å². The number of hydrogen-bond acceptors (Lipinski definition) is 3. The van der Waals surface area contributed by atoms with Gasteiger partial charge in [-0.2, -0.15) is 0 Å². The van der Waals surface area contributed by atoms with E-state index in [9.17, 15) is 13.6 Å². The molecule has 2 aromatic heterocycles. The SMILES string of the molecule is O=C(c1cc2sccc2s1)N(CCCl)CC(F)F. The minimum atomic E-state index is -2.54. The molecule has 2 rings (SSSR count). The maximum absolute atomic E-state index is 12.4. The molecule has 98 valence electrons. The van der Waals surface area contributed by atoms with Crippen molar-refractivity contribution in [2.75, 3.05) is 19.0 Å². The minimum Gasteiger partial charge on any atom is -0.331 e. The summed E-state index contributed by atoms with van der Waals surface area (Å²) in [5, 5.41) is 1.94. The normalized spacial score (nSPS) is 11.3. The number of carbonyl (C=O) groups excluding carboxylic acids is 1. The highest BCUT2D eigenvalue weighted by Crippen LogP contribution is 2.30. The van der Waals surface area contributed by atoms with E-state index < -0.39 is 13.0 Å². The summed E-state index contributed by atoms with van der Waals surface area (Å²) in [7, 11) is 0. The van der Waals surface area contributed by atoms with Crippen molar-refractivity contribution in [3.05, 3.63) is 22.4 Å². The molecule has 0 unspecified atom stereocenters. The molecule has 0 bridgehead atoms. The second-order valence-corrected chi connectivity index (χ2v) is 6.00. The van der Waals surface area contributed by atoms with Crippen LogP contribution in [0.25, 0.3) is 9.40 Å². The van der Waals surface area contributed by atoms with Gasteiger partial charge in [0.1, 0.15) is 0 Å². The second kappa shape index (κ2) is 5.95. The molecule has 0 fully saturated rings. The summed E-state index contributed by atoms with van der Waals surface area (Å²) in [4.78, 5) is 13.7. The Labute approximate surface area is 116 Å². The number of amides is 1. The zero-order chi connectivity index (χ0) is 13.1. The van der Waals surface area contributed by atoms with Crippen LogP contribution in [-0.4, -0.2) is 36.2 Å². The van der Waals surface area contributed by atoms with E-state index in [4.69, 9.17) is 11.6 Å². The average molecular weight is 310 g/mol.